The fraction of sp³-hybridized carbons (Fsp3) is 0.533. The van der Waals surface area contributed by atoms with Crippen molar-refractivity contribution in [1.29, 1.82) is 0 Å². The van der Waals surface area contributed by atoms with E-state index in [-0.39, 0.29) is 6.10 Å². The number of aromatic nitrogens is 2. The predicted molar refractivity (Wildman–Crippen MR) is 77.2 cm³/mol. The first kappa shape index (κ1) is 12.3. The number of benzene rings is 1. The van der Waals surface area contributed by atoms with Crippen molar-refractivity contribution in [2.75, 3.05) is 5.73 Å². The maximum Gasteiger partial charge on any atom is 0.201 e. The molecule has 0 amide bonds. The molecule has 2 unspecified atom stereocenters. The number of nitrogens with zero attached hydrogens (tertiary/aromatic N) is 2. The van der Waals surface area contributed by atoms with E-state index in [1.54, 1.807) is 0 Å². The molecule has 2 N–H and O–H groups in total. The quantitative estimate of drug-likeness (QED) is 0.918. The number of fused-ring (bicyclic) bond motifs is 1. The average molecular weight is 259 g/mol. The third kappa shape index (κ3) is 2.27. The minimum absolute atomic E-state index is 0.139. The smallest absolute Gasteiger partial charge is 0.201 e. The number of nitrogens with two attached hydrogens (primary N) is 1. The summed E-state index contributed by atoms with van der Waals surface area (Å²) in [6, 6.07) is 6.03. The second-order valence-electron chi connectivity index (χ2n) is 5.84. The Balaban J connectivity index is 2.01. The van der Waals surface area contributed by atoms with Crippen molar-refractivity contribution in [2.24, 2.45) is 11.8 Å². The molecule has 1 saturated carbocycles. The van der Waals surface area contributed by atoms with Gasteiger partial charge in [-0.25, -0.2) is 4.98 Å². The van der Waals surface area contributed by atoms with E-state index in [2.05, 4.69) is 22.5 Å². The molecule has 1 aliphatic carbocycles. The number of rotatable bonds is 4. The van der Waals surface area contributed by atoms with Gasteiger partial charge in [-0.2, -0.15) is 0 Å². The molecule has 1 aromatic carbocycles. The predicted octanol–water partition coefficient (Wildman–Crippen LogP) is 3.06. The Bertz CT molecular complexity index is 603. The second-order valence-corrected chi connectivity index (χ2v) is 5.84. The molecule has 1 aliphatic rings. The number of ether oxygens (including phenoxy) is 1. The van der Waals surface area contributed by atoms with Gasteiger partial charge in [0.2, 0.25) is 5.95 Å². The maximum atomic E-state index is 6.07. The van der Waals surface area contributed by atoms with Crippen LogP contribution in [0.3, 0.4) is 0 Å². The van der Waals surface area contributed by atoms with Crippen molar-refractivity contribution in [3.05, 3.63) is 18.2 Å². The molecule has 1 heterocycles. The van der Waals surface area contributed by atoms with Crippen molar-refractivity contribution < 1.29 is 4.74 Å². The Morgan fingerprint density at radius 2 is 2.21 bits per heavy atom. The summed E-state index contributed by atoms with van der Waals surface area (Å²) in [6.07, 6.45) is 1.43. The number of para-hydroxylation sites is 1. The van der Waals surface area contributed by atoms with Crippen molar-refractivity contribution in [3.8, 4) is 5.75 Å². The zero-order chi connectivity index (χ0) is 13.6. The van der Waals surface area contributed by atoms with Gasteiger partial charge in [-0.3, -0.25) is 0 Å². The molecule has 1 fully saturated rings. The number of imidazole rings is 1. The lowest BCUT2D eigenvalue weighted by Crippen LogP contribution is -2.06. The van der Waals surface area contributed by atoms with Gasteiger partial charge in [0.05, 0.1) is 11.6 Å². The molecular weight excluding hydrogens is 238 g/mol. The van der Waals surface area contributed by atoms with Gasteiger partial charge < -0.3 is 15.0 Å². The molecule has 19 heavy (non-hydrogen) atoms. The molecule has 4 nitrogen and oxygen atoms in total. The minimum Gasteiger partial charge on any atom is -0.489 e. The highest BCUT2D eigenvalue weighted by atomic mass is 16.5. The van der Waals surface area contributed by atoms with Gasteiger partial charge in [-0.15, -0.1) is 0 Å². The van der Waals surface area contributed by atoms with Crippen LogP contribution in [0.5, 0.6) is 5.75 Å². The van der Waals surface area contributed by atoms with Crippen LogP contribution in [-0.4, -0.2) is 15.7 Å². The van der Waals surface area contributed by atoms with E-state index < -0.39 is 0 Å². The van der Waals surface area contributed by atoms with Crippen LogP contribution in [0.15, 0.2) is 18.2 Å². The minimum atomic E-state index is 0.139. The molecular formula is C15H21N3O. The van der Waals surface area contributed by atoms with E-state index in [4.69, 9.17) is 10.5 Å². The summed E-state index contributed by atoms with van der Waals surface area (Å²) in [6.45, 7) is 7.29. The standard InChI is InChI=1S/C15H21N3O/c1-9(2)19-13-6-4-5-12-14(13)17-15(16)18(12)8-11-7-10(11)3/h4-6,9-11H,7-8H2,1-3H3,(H2,16,17). The molecule has 102 valence electrons. The van der Waals surface area contributed by atoms with Gasteiger partial charge in [0.1, 0.15) is 11.3 Å². The van der Waals surface area contributed by atoms with E-state index in [1.165, 1.54) is 6.42 Å². The largest absolute Gasteiger partial charge is 0.489 e. The van der Waals surface area contributed by atoms with Gasteiger partial charge in [0.25, 0.3) is 0 Å². The van der Waals surface area contributed by atoms with Crippen LogP contribution in [0.1, 0.15) is 27.2 Å². The summed E-state index contributed by atoms with van der Waals surface area (Å²) in [5.41, 5.74) is 8.03. The Kier molecular flexibility index (Phi) is 2.88. The lowest BCUT2D eigenvalue weighted by molar-refractivity contribution is 0.245. The molecule has 1 aromatic heterocycles. The van der Waals surface area contributed by atoms with Crippen molar-refractivity contribution in [3.63, 3.8) is 0 Å². The van der Waals surface area contributed by atoms with Crippen LogP contribution >= 0.6 is 0 Å². The monoisotopic (exact) mass is 259 g/mol. The first-order valence-electron chi connectivity index (χ1n) is 6.97. The van der Waals surface area contributed by atoms with Crippen LogP contribution in [0, 0.1) is 11.8 Å². The van der Waals surface area contributed by atoms with Gasteiger partial charge in [0.15, 0.2) is 0 Å². The fourth-order valence-electron chi connectivity index (χ4n) is 2.57. The van der Waals surface area contributed by atoms with Crippen LogP contribution in [0.4, 0.5) is 5.95 Å². The highest BCUT2D eigenvalue weighted by molar-refractivity contribution is 5.84. The fourth-order valence-corrected chi connectivity index (χ4v) is 2.57. The van der Waals surface area contributed by atoms with Crippen molar-refractivity contribution in [2.45, 2.75) is 39.8 Å². The topological polar surface area (TPSA) is 53.1 Å². The second kappa shape index (κ2) is 4.44. The first-order valence-corrected chi connectivity index (χ1v) is 6.97. The van der Waals surface area contributed by atoms with Crippen molar-refractivity contribution in [1.82, 2.24) is 9.55 Å². The molecule has 2 atom stereocenters. The maximum absolute atomic E-state index is 6.07. The van der Waals surface area contributed by atoms with Gasteiger partial charge in [-0.1, -0.05) is 13.0 Å². The summed E-state index contributed by atoms with van der Waals surface area (Å²) in [4.78, 5) is 4.49. The summed E-state index contributed by atoms with van der Waals surface area (Å²) < 4.78 is 7.93. The summed E-state index contributed by atoms with van der Waals surface area (Å²) in [7, 11) is 0. The van der Waals surface area contributed by atoms with Crippen LogP contribution < -0.4 is 10.5 Å². The zero-order valence-corrected chi connectivity index (χ0v) is 11.8. The molecule has 0 spiro atoms. The Morgan fingerprint density at radius 1 is 1.47 bits per heavy atom. The number of anilines is 1. The number of hydrogen-bond acceptors (Lipinski definition) is 3. The van der Waals surface area contributed by atoms with Crippen LogP contribution in [0.2, 0.25) is 0 Å². The molecule has 0 aliphatic heterocycles. The molecule has 4 heteroatoms. The third-order valence-corrected chi connectivity index (χ3v) is 3.83. The molecule has 0 saturated heterocycles. The highest BCUT2D eigenvalue weighted by Gasteiger charge is 2.33. The Morgan fingerprint density at radius 3 is 2.84 bits per heavy atom. The SMILES string of the molecule is CC(C)Oc1cccc2c1nc(N)n2CC1CC1C. The van der Waals surface area contributed by atoms with Crippen LogP contribution in [-0.2, 0) is 6.54 Å². The molecule has 0 radical (unpaired) electrons. The molecule has 3 rings (SSSR count). The van der Waals surface area contributed by atoms with E-state index in [9.17, 15) is 0 Å². The summed E-state index contributed by atoms with van der Waals surface area (Å²) >= 11 is 0. The van der Waals surface area contributed by atoms with Crippen LogP contribution in [0.25, 0.3) is 11.0 Å². The average Bonchev–Trinajstić information content (AvgIpc) is 2.93. The lowest BCUT2D eigenvalue weighted by Gasteiger charge is -2.10. The van der Waals surface area contributed by atoms with E-state index in [0.717, 1.165) is 35.2 Å². The van der Waals surface area contributed by atoms with E-state index in [0.29, 0.717) is 5.95 Å². The van der Waals surface area contributed by atoms with E-state index >= 15 is 0 Å². The normalized spacial score (nSPS) is 22.1. The van der Waals surface area contributed by atoms with Gasteiger partial charge >= 0.3 is 0 Å². The molecule has 0 bridgehead atoms. The summed E-state index contributed by atoms with van der Waals surface area (Å²) in [5, 5.41) is 0. The lowest BCUT2D eigenvalue weighted by atomic mass is 10.2. The number of nitrogen functional groups attached to an aromatic ring is 1. The highest BCUT2D eigenvalue weighted by Crippen LogP contribution is 2.40. The first-order chi connectivity index (χ1) is 9.06. The van der Waals surface area contributed by atoms with E-state index in [1.807, 2.05) is 26.0 Å². The third-order valence-electron chi connectivity index (χ3n) is 3.83. The van der Waals surface area contributed by atoms with Crippen molar-refractivity contribution >= 4 is 17.0 Å². The Labute approximate surface area is 113 Å². The number of hydrogen-bond donors (Lipinski definition) is 1. The summed E-state index contributed by atoms with van der Waals surface area (Å²) in [5.74, 6) is 2.97. The zero-order valence-electron chi connectivity index (χ0n) is 11.8. The molecule has 2 aromatic rings. The van der Waals surface area contributed by atoms with Gasteiger partial charge in [0, 0.05) is 6.54 Å². The van der Waals surface area contributed by atoms with Gasteiger partial charge in [-0.05, 0) is 44.2 Å². The Hall–Kier alpha value is -1.71.